The highest BCUT2D eigenvalue weighted by atomic mass is 32.1. The van der Waals surface area contributed by atoms with Gasteiger partial charge in [0.1, 0.15) is 0 Å². The molecule has 2 aliphatic carbocycles. The molecule has 1 aromatic rings. The molecule has 4 nitrogen and oxygen atoms in total. The number of thiophene rings is 1. The molecule has 1 saturated heterocycles. The molecule has 1 aromatic heterocycles. The van der Waals surface area contributed by atoms with Gasteiger partial charge in [0.05, 0.1) is 10.3 Å². The lowest BCUT2D eigenvalue weighted by molar-refractivity contribution is -0.145. The molecule has 2 amide bonds. The summed E-state index contributed by atoms with van der Waals surface area (Å²) in [7, 11) is 0. The number of nitrogens with one attached hydrogen (secondary N) is 1. The maximum absolute atomic E-state index is 12.9. The first-order chi connectivity index (χ1) is 13.2. The zero-order chi connectivity index (χ0) is 18.7. The van der Waals surface area contributed by atoms with Crippen LogP contribution in [0.4, 0.5) is 0 Å². The van der Waals surface area contributed by atoms with Crippen LogP contribution in [-0.4, -0.2) is 36.3 Å². The Morgan fingerprint density at radius 2 is 1.67 bits per heavy atom. The third kappa shape index (κ3) is 4.08. The summed E-state index contributed by atoms with van der Waals surface area (Å²) in [6.07, 6.45) is 13.8. The zero-order valence-electron chi connectivity index (χ0n) is 16.4. The van der Waals surface area contributed by atoms with Crippen molar-refractivity contribution in [3.05, 3.63) is 21.4 Å². The molecule has 148 valence electrons. The van der Waals surface area contributed by atoms with Crippen LogP contribution in [-0.2, 0) is 17.6 Å². The lowest BCUT2D eigenvalue weighted by Gasteiger charge is -2.42. The maximum atomic E-state index is 12.9. The van der Waals surface area contributed by atoms with Crippen LogP contribution < -0.4 is 5.32 Å². The van der Waals surface area contributed by atoms with E-state index in [1.54, 1.807) is 11.3 Å². The van der Waals surface area contributed by atoms with Crippen LogP contribution in [0, 0.1) is 5.41 Å². The monoisotopic (exact) mass is 388 g/mol. The number of rotatable bonds is 4. The van der Waals surface area contributed by atoms with Gasteiger partial charge in [0.15, 0.2) is 0 Å². The van der Waals surface area contributed by atoms with Gasteiger partial charge in [0.2, 0.25) is 5.91 Å². The van der Waals surface area contributed by atoms with Gasteiger partial charge in [0, 0.05) is 24.5 Å². The summed E-state index contributed by atoms with van der Waals surface area (Å²) in [6, 6.07) is 2.12. The minimum Gasteiger partial charge on any atom is -0.350 e. The highest BCUT2D eigenvalue weighted by Gasteiger charge is 2.46. The average Bonchev–Trinajstić information content (AvgIpc) is 3.30. The van der Waals surface area contributed by atoms with E-state index in [9.17, 15) is 9.59 Å². The van der Waals surface area contributed by atoms with Crippen molar-refractivity contribution in [2.75, 3.05) is 19.6 Å². The van der Waals surface area contributed by atoms with Crippen molar-refractivity contribution in [3.63, 3.8) is 0 Å². The van der Waals surface area contributed by atoms with E-state index in [0.29, 0.717) is 6.54 Å². The molecule has 5 heteroatoms. The van der Waals surface area contributed by atoms with Crippen LogP contribution >= 0.6 is 11.3 Å². The van der Waals surface area contributed by atoms with Crippen LogP contribution in [0.2, 0.25) is 0 Å². The van der Waals surface area contributed by atoms with Gasteiger partial charge in [-0.05, 0) is 63.0 Å². The first-order valence-electron chi connectivity index (χ1n) is 10.9. The molecule has 4 rings (SSSR count). The van der Waals surface area contributed by atoms with E-state index in [0.717, 1.165) is 62.9 Å². The van der Waals surface area contributed by atoms with Crippen molar-refractivity contribution in [2.45, 2.75) is 77.0 Å². The second-order valence-corrected chi connectivity index (χ2v) is 9.78. The lowest BCUT2D eigenvalue weighted by atomic mass is 9.67. The Labute approximate surface area is 166 Å². The molecular formula is C22H32N2O2S. The summed E-state index contributed by atoms with van der Waals surface area (Å²) in [5.41, 5.74) is 1.06. The van der Waals surface area contributed by atoms with Crippen LogP contribution in [0.15, 0.2) is 6.07 Å². The van der Waals surface area contributed by atoms with Crippen molar-refractivity contribution >= 4 is 23.2 Å². The minimum absolute atomic E-state index is 0.0186. The van der Waals surface area contributed by atoms with E-state index in [2.05, 4.69) is 11.4 Å². The van der Waals surface area contributed by atoms with E-state index in [4.69, 9.17) is 0 Å². The fraction of sp³-hybridized carbons (Fsp3) is 0.727. The summed E-state index contributed by atoms with van der Waals surface area (Å²) < 4.78 is 0. The third-order valence-electron chi connectivity index (χ3n) is 6.72. The predicted octanol–water partition coefficient (Wildman–Crippen LogP) is 4.32. The summed E-state index contributed by atoms with van der Waals surface area (Å²) in [5, 5.41) is 3.12. The molecule has 0 spiro atoms. The Hall–Kier alpha value is -1.36. The summed E-state index contributed by atoms with van der Waals surface area (Å²) in [6.45, 7) is 2.29. The minimum atomic E-state index is -0.330. The second kappa shape index (κ2) is 8.34. The number of carbonyl (C=O) groups excluding carboxylic acids is 2. The van der Waals surface area contributed by atoms with Gasteiger partial charge in [-0.1, -0.05) is 25.7 Å². The standard InChI is InChI=1S/C22H32N2O2S/c25-20(19-15-17-9-4-2-1-3-5-10-18(17)27-19)23-16-22(11-8-12-22)21(26)24-13-6-7-14-24/h15H,1-14,16H2,(H,23,25). The fourth-order valence-corrected chi connectivity index (χ4v) is 5.96. The first-order valence-corrected chi connectivity index (χ1v) is 11.7. The molecule has 2 heterocycles. The number of hydrogen-bond acceptors (Lipinski definition) is 3. The first kappa shape index (κ1) is 19.0. The topological polar surface area (TPSA) is 49.4 Å². The quantitative estimate of drug-likeness (QED) is 0.835. The van der Waals surface area contributed by atoms with Crippen molar-refractivity contribution in [3.8, 4) is 0 Å². The number of hydrogen-bond donors (Lipinski definition) is 1. The molecule has 1 N–H and O–H groups in total. The zero-order valence-corrected chi connectivity index (χ0v) is 17.2. The Kier molecular flexibility index (Phi) is 5.86. The highest BCUT2D eigenvalue weighted by molar-refractivity contribution is 7.14. The van der Waals surface area contributed by atoms with Gasteiger partial charge in [-0.3, -0.25) is 9.59 Å². The van der Waals surface area contributed by atoms with Gasteiger partial charge >= 0.3 is 0 Å². The van der Waals surface area contributed by atoms with E-state index in [1.807, 2.05) is 4.90 Å². The number of fused-ring (bicyclic) bond motifs is 1. The third-order valence-corrected chi connectivity index (χ3v) is 7.95. The van der Waals surface area contributed by atoms with Crippen LogP contribution in [0.3, 0.4) is 0 Å². The molecular weight excluding hydrogens is 356 g/mol. The molecule has 0 atom stereocenters. The smallest absolute Gasteiger partial charge is 0.261 e. The molecule has 0 unspecified atom stereocenters. The maximum Gasteiger partial charge on any atom is 0.261 e. The van der Waals surface area contributed by atoms with E-state index in [1.165, 1.54) is 42.5 Å². The van der Waals surface area contributed by atoms with E-state index in [-0.39, 0.29) is 17.2 Å². The Morgan fingerprint density at radius 1 is 0.963 bits per heavy atom. The van der Waals surface area contributed by atoms with Crippen LogP contribution in [0.1, 0.15) is 84.3 Å². The number of carbonyl (C=O) groups is 2. The van der Waals surface area contributed by atoms with Gasteiger partial charge in [-0.25, -0.2) is 0 Å². The summed E-state index contributed by atoms with van der Waals surface area (Å²) in [4.78, 5) is 30.0. The Morgan fingerprint density at radius 3 is 2.37 bits per heavy atom. The molecule has 27 heavy (non-hydrogen) atoms. The molecule has 0 bridgehead atoms. The molecule has 1 saturated carbocycles. The average molecular weight is 389 g/mol. The van der Waals surface area contributed by atoms with Gasteiger partial charge in [-0.2, -0.15) is 0 Å². The van der Waals surface area contributed by atoms with Gasteiger partial charge < -0.3 is 10.2 Å². The van der Waals surface area contributed by atoms with E-state index < -0.39 is 0 Å². The van der Waals surface area contributed by atoms with Crippen molar-refractivity contribution < 1.29 is 9.59 Å². The second-order valence-electron chi connectivity index (χ2n) is 8.64. The molecule has 1 aliphatic heterocycles. The van der Waals surface area contributed by atoms with Crippen LogP contribution in [0.5, 0.6) is 0 Å². The lowest BCUT2D eigenvalue weighted by Crippen LogP contribution is -2.53. The molecule has 0 aromatic carbocycles. The van der Waals surface area contributed by atoms with Gasteiger partial charge in [-0.15, -0.1) is 11.3 Å². The molecule has 0 radical (unpaired) electrons. The number of amides is 2. The van der Waals surface area contributed by atoms with Crippen molar-refractivity contribution in [2.24, 2.45) is 5.41 Å². The highest BCUT2D eigenvalue weighted by Crippen LogP contribution is 2.42. The predicted molar refractivity (Wildman–Crippen MR) is 109 cm³/mol. The summed E-state index contributed by atoms with van der Waals surface area (Å²) in [5.74, 6) is 0.298. The molecule has 3 aliphatic rings. The fourth-order valence-electron chi connectivity index (χ4n) is 4.79. The molecule has 2 fully saturated rings. The Balaban J connectivity index is 1.39. The van der Waals surface area contributed by atoms with Crippen LogP contribution in [0.25, 0.3) is 0 Å². The SMILES string of the molecule is O=C(NCC1(C(=O)N2CCCC2)CCC1)c1cc2c(s1)CCCCCCC2. The number of likely N-dealkylation sites (tertiary alicyclic amines) is 1. The largest absolute Gasteiger partial charge is 0.350 e. The van der Waals surface area contributed by atoms with Crippen molar-refractivity contribution in [1.29, 1.82) is 0 Å². The van der Waals surface area contributed by atoms with E-state index >= 15 is 0 Å². The van der Waals surface area contributed by atoms with Gasteiger partial charge in [0.25, 0.3) is 5.91 Å². The number of nitrogens with zero attached hydrogens (tertiary/aromatic N) is 1. The summed E-state index contributed by atoms with van der Waals surface area (Å²) >= 11 is 1.68. The number of aryl methyl sites for hydroxylation is 2. The Bertz CT molecular complexity index is 661. The normalized spacial score (nSPS) is 22.1. The van der Waals surface area contributed by atoms with Crippen molar-refractivity contribution in [1.82, 2.24) is 10.2 Å².